The second kappa shape index (κ2) is 7.68. The zero-order valence-electron chi connectivity index (χ0n) is 13.6. The van der Waals surface area contributed by atoms with E-state index in [1.54, 1.807) is 17.4 Å². The number of rotatable bonds is 6. The Morgan fingerprint density at radius 3 is 2.65 bits per heavy atom. The maximum absolute atomic E-state index is 6.14. The van der Waals surface area contributed by atoms with Gasteiger partial charge in [-0.25, -0.2) is 4.98 Å². The first-order chi connectivity index (χ1) is 12.8. The zero-order valence-corrected chi connectivity index (χ0v) is 15.2. The van der Waals surface area contributed by atoms with Crippen molar-refractivity contribution in [3.05, 3.63) is 81.3 Å². The van der Waals surface area contributed by atoms with E-state index in [1.807, 2.05) is 41.8 Å². The lowest BCUT2D eigenvalue weighted by atomic mass is 10.2. The summed E-state index contributed by atoms with van der Waals surface area (Å²) in [5.74, 6) is 0.397. The molecule has 0 aliphatic rings. The van der Waals surface area contributed by atoms with Crippen molar-refractivity contribution in [3.8, 4) is 17.5 Å². The van der Waals surface area contributed by atoms with Crippen LogP contribution >= 0.6 is 22.9 Å². The van der Waals surface area contributed by atoms with E-state index in [0.717, 1.165) is 17.1 Å². The predicted molar refractivity (Wildman–Crippen MR) is 100 cm³/mol. The molecule has 0 saturated heterocycles. The lowest BCUT2D eigenvalue weighted by Gasteiger charge is -1.98. The Labute approximate surface area is 159 Å². The summed E-state index contributed by atoms with van der Waals surface area (Å²) >= 11 is 7.75. The van der Waals surface area contributed by atoms with Gasteiger partial charge >= 0.3 is 6.08 Å². The number of ether oxygens (including phenoxy) is 1. The molecule has 0 bridgehead atoms. The molecule has 0 radical (unpaired) electrons. The smallest absolute Gasteiger partial charge is 0.418 e. The molecule has 5 nitrogen and oxygen atoms in total. The fourth-order valence-corrected chi connectivity index (χ4v) is 3.46. The summed E-state index contributed by atoms with van der Waals surface area (Å²) in [4.78, 5) is 8.80. The molecular weight excluding hydrogens is 370 g/mol. The molecule has 0 amide bonds. The third-order valence-electron chi connectivity index (χ3n) is 3.66. The first kappa shape index (κ1) is 16.8. The summed E-state index contributed by atoms with van der Waals surface area (Å²) in [5.41, 5.74) is 2.76. The van der Waals surface area contributed by atoms with Crippen LogP contribution in [0.2, 0.25) is 5.02 Å². The van der Waals surface area contributed by atoms with Crippen LogP contribution in [0.5, 0.6) is 6.08 Å². The number of hydrogen-bond donors (Lipinski definition) is 0. The zero-order chi connectivity index (χ0) is 17.8. The molecule has 2 aromatic heterocycles. The van der Waals surface area contributed by atoms with E-state index in [0.29, 0.717) is 16.4 Å². The third-order valence-corrected chi connectivity index (χ3v) is 4.89. The van der Waals surface area contributed by atoms with Gasteiger partial charge in [-0.05, 0) is 17.7 Å². The Hall–Kier alpha value is -2.70. The molecule has 2 aromatic carbocycles. The molecule has 0 atom stereocenters. The fraction of sp³-hybridized carbons (Fsp3) is 0.105. The summed E-state index contributed by atoms with van der Waals surface area (Å²) in [6.45, 7) is 0.273. The Balaban J connectivity index is 1.39. The minimum absolute atomic E-state index is 0.0949. The summed E-state index contributed by atoms with van der Waals surface area (Å²) < 4.78 is 10.7. The molecule has 26 heavy (non-hydrogen) atoms. The van der Waals surface area contributed by atoms with Crippen LogP contribution in [0.4, 0.5) is 0 Å². The van der Waals surface area contributed by atoms with E-state index in [-0.39, 0.29) is 12.7 Å². The van der Waals surface area contributed by atoms with Crippen molar-refractivity contribution in [1.29, 1.82) is 0 Å². The maximum Gasteiger partial charge on any atom is 0.418 e. The van der Waals surface area contributed by atoms with Crippen molar-refractivity contribution in [2.75, 3.05) is 0 Å². The standard InChI is InChI=1S/C19H14ClN3O2S/c20-16-9-5-4-8-15(16)18-22-19(25-23-18)24-11-14-12-26-17(21-14)10-13-6-2-1-3-7-13/h1-9,12H,10-11H2. The van der Waals surface area contributed by atoms with Crippen molar-refractivity contribution in [2.24, 2.45) is 0 Å². The summed E-state index contributed by atoms with van der Waals surface area (Å²) in [5, 5.41) is 7.48. The molecule has 0 N–H and O–H groups in total. The van der Waals surface area contributed by atoms with Gasteiger partial charge in [0.1, 0.15) is 6.61 Å². The number of thiazole rings is 1. The van der Waals surface area contributed by atoms with Crippen molar-refractivity contribution >= 4 is 22.9 Å². The van der Waals surface area contributed by atoms with Crippen LogP contribution in [0.25, 0.3) is 11.4 Å². The highest BCUT2D eigenvalue weighted by atomic mass is 35.5. The number of benzene rings is 2. The highest BCUT2D eigenvalue weighted by Gasteiger charge is 2.13. The van der Waals surface area contributed by atoms with Gasteiger partial charge in [0.15, 0.2) is 0 Å². The van der Waals surface area contributed by atoms with Crippen molar-refractivity contribution in [3.63, 3.8) is 0 Å². The normalized spacial score (nSPS) is 10.8. The van der Waals surface area contributed by atoms with Gasteiger partial charge in [0, 0.05) is 17.4 Å². The number of aromatic nitrogens is 3. The summed E-state index contributed by atoms with van der Waals surface area (Å²) in [7, 11) is 0. The topological polar surface area (TPSA) is 61.0 Å². The fourth-order valence-electron chi connectivity index (χ4n) is 2.42. The first-order valence-electron chi connectivity index (χ1n) is 7.96. The molecule has 0 fully saturated rings. The Kier molecular flexibility index (Phi) is 4.95. The molecule has 0 spiro atoms. The highest BCUT2D eigenvalue weighted by molar-refractivity contribution is 7.09. The van der Waals surface area contributed by atoms with Gasteiger partial charge in [-0.2, -0.15) is 4.98 Å². The average molecular weight is 384 g/mol. The van der Waals surface area contributed by atoms with Crippen LogP contribution in [0.3, 0.4) is 0 Å². The maximum atomic E-state index is 6.14. The Morgan fingerprint density at radius 2 is 1.81 bits per heavy atom. The van der Waals surface area contributed by atoms with Gasteiger partial charge in [-0.3, -0.25) is 4.52 Å². The van der Waals surface area contributed by atoms with Crippen LogP contribution in [0.15, 0.2) is 64.5 Å². The third kappa shape index (κ3) is 3.92. The largest absolute Gasteiger partial charge is 0.442 e. The monoisotopic (exact) mass is 383 g/mol. The molecule has 4 aromatic rings. The van der Waals surface area contributed by atoms with Crippen LogP contribution in [0.1, 0.15) is 16.3 Å². The number of nitrogens with zero attached hydrogens (tertiary/aromatic N) is 3. The lowest BCUT2D eigenvalue weighted by Crippen LogP contribution is -1.97. The quantitative estimate of drug-likeness (QED) is 0.468. The van der Waals surface area contributed by atoms with E-state index >= 15 is 0 Å². The predicted octanol–water partition coefficient (Wildman–Crippen LogP) is 5.02. The van der Waals surface area contributed by atoms with Crippen molar-refractivity contribution in [2.45, 2.75) is 13.0 Å². The van der Waals surface area contributed by atoms with E-state index in [9.17, 15) is 0 Å². The second-order valence-electron chi connectivity index (χ2n) is 5.55. The molecule has 0 aliphatic heterocycles. The van der Waals surface area contributed by atoms with Crippen LogP contribution < -0.4 is 4.74 Å². The molecule has 7 heteroatoms. The SMILES string of the molecule is Clc1ccccc1-c1noc(OCc2csc(Cc3ccccc3)n2)n1. The van der Waals surface area contributed by atoms with E-state index in [1.165, 1.54) is 5.56 Å². The molecule has 0 saturated carbocycles. The molecular formula is C19H14ClN3O2S. The van der Waals surface area contributed by atoms with E-state index in [2.05, 4.69) is 27.3 Å². The highest BCUT2D eigenvalue weighted by Crippen LogP contribution is 2.26. The Bertz CT molecular complexity index is 1000. The van der Waals surface area contributed by atoms with E-state index < -0.39 is 0 Å². The van der Waals surface area contributed by atoms with Crippen molar-refractivity contribution in [1.82, 2.24) is 15.1 Å². The lowest BCUT2D eigenvalue weighted by molar-refractivity contribution is 0.193. The van der Waals surface area contributed by atoms with Gasteiger partial charge in [-0.1, -0.05) is 59.2 Å². The van der Waals surface area contributed by atoms with Crippen LogP contribution in [-0.4, -0.2) is 15.1 Å². The van der Waals surface area contributed by atoms with Gasteiger partial charge in [-0.15, -0.1) is 11.3 Å². The molecule has 2 heterocycles. The van der Waals surface area contributed by atoms with Gasteiger partial charge in [0.2, 0.25) is 5.82 Å². The molecule has 4 rings (SSSR count). The average Bonchev–Trinajstić information content (AvgIpc) is 3.31. The summed E-state index contributed by atoms with van der Waals surface area (Å²) in [6, 6.07) is 17.5. The minimum atomic E-state index is 0.0949. The molecule has 130 valence electrons. The number of hydrogen-bond acceptors (Lipinski definition) is 6. The number of halogens is 1. The van der Waals surface area contributed by atoms with Gasteiger partial charge < -0.3 is 4.74 Å². The molecule has 0 aliphatic carbocycles. The van der Waals surface area contributed by atoms with Crippen molar-refractivity contribution < 1.29 is 9.26 Å². The van der Waals surface area contributed by atoms with Gasteiger partial charge in [0.25, 0.3) is 0 Å². The van der Waals surface area contributed by atoms with Crippen LogP contribution in [-0.2, 0) is 13.0 Å². The molecule has 0 unspecified atom stereocenters. The van der Waals surface area contributed by atoms with Gasteiger partial charge in [0.05, 0.1) is 15.7 Å². The summed E-state index contributed by atoms with van der Waals surface area (Å²) in [6.07, 6.45) is 0.903. The Morgan fingerprint density at radius 1 is 1.00 bits per heavy atom. The van der Waals surface area contributed by atoms with E-state index in [4.69, 9.17) is 20.9 Å². The second-order valence-corrected chi connectivity index (χ2v) is 6.90. The van der Waals surface area contributed by atoms with Crippen LogP contribution in [0, 0.1) is 0 Å². The first-order valence-corrected chi connectivity index (χ1v) is 9.22. The minimum Gasteiger partial charge on any atom is -0.442 e.